The predicted molar refractivity (Wildman–Crippen MR) is 101 cm³/mol. The van der Waals surface area contributed by atoms with E-state index in [1.807, 2.05) is 66.7 Å². The Bertz CT molecular complexity index is 772. The highest BCUT2D eigenvalue weighted by Crippen LogP contribution is 2.20. The van der Waals surface area contributed by atoms with Gasteiger partial charge >= 0.3 is 0 Å². The van der Waals surface area contributed by atoms with Crippen LogP contribution in [0, 0.1) is 0 Å². The average molecular weight is 353 g/mol. The van der Waals surface area contributed by atoms with Crippen LogP contribution in [0.3, 0.4) is 0 Å². The summed E-state index contributed by atoms with van der Waals surface area (Å²) in [6.45, 7) is 1.20. The molecule has 0 saturated carbocycles. The van der Waals surface area contributed by atoms with Crippen molar-refractivity contribution in [1.29, 1.82) is 0 Å². The third-order valence-electron chi connectivity index (χ3n) is 3.38. The first-order valence-corrected chi connectivity index (χ1v) is 9.06. The van der Waals surface area contributed by atoms with Gasteiger partial charge in [0.25, 0.3) is 0 Å². The smallest absolute Gasteiger partial charge is 0.179 e. The summed E-state index contributed by atoms with van der Waals surface area (Å²) in [5.74, 6) is 0.728. The van der Waals surface area contributed by atoms with E-state index in [0.717, 1.165) is 22.0 Å². The standard InChI is InChI=1S/C19H19N3O2S/c23-25(19-7-2-1-3-8-19)22-17-5-4-6-18(15-17)24-14-13-21-16-9-11-20-12-10-16/h1-12,15,22H,13-14H2,(H,20,21). The molecule has 0 saturated heterocycles. The third-order valence-corrected chi connectivity index (χ3v) is 4.50. The van der Waals surface area contributed by atoms with Crippen molar-refractivity contribution in [3.63, 3.8) is 0 Å². The summed E-state index contributed by atoms with van der Waals surface area (Å²) >= 11 is -1.30. The van der Waals surface area contributed by atoms with Gasteiger partial charge in [0.2, 0.25) is 0 Å². The second-order valence-electron chi connectivity index (χ2n) is 5.22. The average Bonchev–Trinajstić information content (AvgIpc) is 2.67. The number of hydrogen-bond acceptors (Lipinski definition) is 5. The zero-order valence-corrected chi connectivity index (χ0v) is 14.4. The molecule has 0 aliphatic carbocycles. The van der Waals surface area contributed by atoms with Crippen molar-refractivity contribution in [3.05, 3.63) is 79.1 Å². The van der Waals surface area contributed by atoms with Crippen molar-refractivity contribution in [2.75, 3.05) is 23.2 Å². The number of rotatable bonds is 8. The van der Waals surface area contributed by atoms with Crippen LogP contribution in [-0.4, -0.2) is 22.7 Å². The van der Waals surface area contributed by atoms with E-state index in [-0.39, 0.29) is 0 Å². The Kier molecular flexibility index (Phi) is 6.14. The normalized spacial score (nSPS) is 11.6. The van der Waals surface area contributed by atoms with Gasteiger partial charge in [0.15, 0.2) is 4.90 Å². The van der Waals surface area contributed by atoms with Crippen LogP contribution in [0.15, 0.2) is 84.0 Å². The summed E-state index contributed by atoms with van der Waals surface area (Å²) in [5, 5.41) is 3.25. The number of anilines is 2. The highest BCUT2D eigenvalue weighted by molar-refractivity contribution is 7.92. The lowest BCUT2D eigenvalue weighted by atomic mass is 10.3. The van der Waals surface area contributed by atoms with Gasteiger partial charge in [0.1, 0.15) is 23.7 Å². The zero-order valence-electron chi connectivity index (χ0n) is 13.6. The first-order chi connectivity index (χ1) is 12.3. The lowest BCUT2D eigenvalue weighted by Crippen LogP contribution is -2.13. The summed E-state index contributed by atoms with van der Waals surface area (Å²) in [6.07, 6.45) is 3.48. The molecule has 3 aromatic rings. The largest absolute Gasteiger partial charge is 0.588 e. The number of pyridine rings is 1. The molecule has 2 aromatic carbocycles. The van der Waals surface area contributed by atoms with E-state index >= 15 is 0 Å². The van der Waals surface area contributed by atoms with Gasteiger partial charge in [-0.3, -0.25) is 4.98 Å². The molecule has 128 valence electrons. The van der Waals surface area contributed by atoms with E-state index in [9.17, 15) is 4.55 Å². The number of aromatic nitrogens is 1. The Morgan fingerprint density at radius 2 is 1.72 bits per heavy atom. The number of ether oxygens (including phenoxy) is 1. The lowest BCUT2D eigenvalue weighted by Gasteiger charge is -2.13. The fourth-order valence-electron chi connectivity index (χ4n) is 2.19. The molecule has 5 nitrogen and oxygen atoms in total. The molecule has 25 heavy (non-hydrogen) atoms. The van der Waals surface area contributed by atoms with Gasteiger partial charge < -0.3 is 14.6 Å². The molecule has 0 aliphatic heterocycles. The molecule has 3 rings (SSSR count). The maximum Gasteiger partial charge on any atom is 0.179 e. The topological polar surface area (TPSA) is 69.2 Å². The fourth-order valence-corrected chi connectivity index (χ4v) is 3.06. The molecule has 0 radical (unpaired) electrons. The van der Waals surface area contributed by atoms with E-state index in [2.05, 4.69) is 15.0 Å². The fraction of sp³-hybridized carbons (Fsp3) is 0.105. The Morgan fingerprint density at radius 1 is 0.920 bits per heavy atom. The maximum absolute atomic E-state index is 12.3. The molecule has 0 bridgehead atoms. The first-order valence-electron chi connectivity index (χ1n) is 7.91. The first kappa shape index (κ1) is 17.1. The molecule has 0 spiro atoms. The lowest BCUT2D eigenvalue weighted by molar-refractivity contribution is 0.333. The van der Waals surface area contributed by atoms with Gasteiger partial charge in [-0.1, -0.05) is 24.3 Å². The van der Waals surface area contributed by atoms with Crippen LogP contribution in [0.2, 0.25) is 0 Å². The Balaban J connectivity index is 1.49. The number of hydrogen-bond donors (Lipinski definition) is 2. The minimum Gasteiger partial charge on any atom is -0.588 e. The molecule has 0 amide bonds. The van der Waals surface area contributed by atoms with Gasteiger partial charge in [-0.25, -0.2) is 4.72 Å². The maximum atomic E-state index is 12.3. The summed E-state index contributed by atoms with van der Waals surface area (Å²) in [5.41, 5.74) is 1.76. The van der Waals surface area contributed by atoms with Crippen LogP contribution < -0.4 is 14.8 Å². The minimum absolute atomic E-state index is 0.521. The number of nitrogens with zero attached hydrogens (tertiary/aromatic N) is 1. The number of nitrogens with one attached hydrogen (secondary N) is 2. The van der Waals surface area contributed by atoms with Crippen molar-refractivity contribution < 1.29 is 9.29 Å². The van der Waals surface area contributed by atoms with Gasteiger partial charge in [-0.2, -0.15) is 0 Å². The van der Waals surface area contributed by atoms with Gasteiger partial charge in [0.05, 0.1) is 5.69 Å². The number of benzene rings is 2. The van der Waals surface area contributed by atoms with Crippen molar-refractivity contribution in [2.24, 2.45) is 0 Å². The van der Waals surface area contributed by atoms with E-state index < -0.39 is 11.4 Å². The van der Waals surface area contributed by atoms with Crippen LogP contribution in [0.25, 0.3) is 0 Å². The van der Waals surface area contributed by atoms with Crippen LogP contribution in [0.1, 0.15) is 0 Å². The molecular formula is C19H19N3O2S. The molecule has 1 aromatic heterocycles. The molecule has 0 aliphatic rings. The van der Waals surface area contributed by atoms with Crippen LogP contribution in [0.4, 0.5) is 11.4 Å². The van der Waals surface area contributed by atoms with E-state index in [1.165, 1.54) is 0 Å². The quantitative estimate of drug-likeness (QED) is 0.477. The summed E-state index contributed by atoms with van der Waals surface area (Å²) in [4.78, 5) is 4.71. The summed E-state index contributed by atoms with van der Waals surface area (Å²) in [6, 6.07) is 20.5. The second-order valence-corrected chi connectivity index (χ2v) is 6.44. The molecule has 1 unspecified atom stereocenters. The van der Waals surface area contributed by atoms with E-state index in [4.69, 9.17) is 4.74 Å². The van der Waals surface area contributed by atoms with Gasteiger partial charge in [-0.05, 0) is 36.4 Å². The minimum atomic E-state index is -1.30. The van der Waals surface area contributed by atoms with Crippen molar-refractivity contribution >= 4 is 22.7 Å². The SMILES string of the molecule is [O-][S+](Nc1cccc(OCCNc2ccncc2)c1)c1ccccc1. The zero-order chi connectivity index (χ0) is 17.3. The van der Waals surface area contributed by atoms with Gasteiger partial charge in [0, 0.05) is 30.7 Å². The monoisotopic (exact) mass is 353 g/mol. The highest BCUT2D eigenvalue weighted by atomic mass is 32.2. The van der Waals surface area contributed by atoms with Crippen LogP contribution in [-0.2, 0) is 11.4 Å². The second kappa shape index (κ2) is 8.96. The Labute approximate surface area is 150 Å². The van der Waals surface area contributed by atoms with E-state index in [1.54, 1.807) is 12.4 Å². The predicted octanol–water partition coefficient (Wildman–Crippen LogP) is 3.71. The van der Waals surface area contributed by atoms with Crippen LogP contribution in [0.5, 0.6) is 5.75 Å². The van der Waals surface area contributed by atoms with E-state index in [0.29, 0.717) is 13.2 Å². The van der Waals surface area contributed by atoms with Crippen molar-refractivity contribution in [3.8, 4) is 5.75 Å². The Hall–Kier alpha value is -2.70. The molecule has 6 heteroatoms. The molecule has 1 heterocycles. The third kappa shape index (κ3) is 5.41. The molecule has 2 N–H and O–H groups in total. The molecule has 0 fully saturated rings. The summed E-state index contributed by atoms with van der Waals surface area (Å²) < 4.78 is 21.0. The van der Waals surface area contributed by atoms with Crippen molar-refractivity contribution in [1.82, 2.24) is 4.98 Å². The van der Waals surface area contributed by atoms with Crippen molar-refractivity contribution in [2.45, 2.75) is 4.90 Å². The van der Waals surface area contributed by atoms with Crippen LogP contribution >= 0.6 is 0 Å². The molecule has 1 atom stereocenters. The highest BCUT2D eigenvalue weighted by Gasteiger charge is 2.10. The summed E-state index contributed by atoms with van der Waals surface area (Å²) in [7, 11) is 0. The molecular weight excluding hydrogens is 334 g/mol. The van der Waals surface area contributed by atoms with Gasteiger partial charge in [-0.15, -0.1) is 0 Å². The Morgan fingerprint density at radius 3 is 2.52 bits per heavy atom.